The van der Waals surface area contributed by atoms with Crippen molar-refractivity contribution in [3.63, 3.8) is 0 Å². The van der Waals surface area contributed by atoms with Crippen LogP contribution in [-0.4, -0.2) is 24.8 Å². The lowest BCUT2D eigenvalue weighted by Gasteiger charge is -2.42. The van der Waals surface area contributed by atoms with E-state index in [1.54, 1.807) is 0 Å². The van der Waals surface area contributed by atoms with Crippen LogP contribution in [0.4, 0.5) is 0 Å². The minimum absolute atomic E-state index is 0.0680. The molecule has 4 aliphatic rings. The average Bonchev–Trinajstić information content (AvgIpc) is 2.94. The minimum Gasteiger partial charge on any atom is -0.349 e. The first-order valence-electron chi connectivity index (χ1n) is 7.77. The van der Waals surface area contributed by atoms with Gasteiger partial charge in [-0.3, -0.25) is 4.79 Å². The second-order valence-electron chi connectivity index (χ2n) is 8.01. The molecule has 1 saturated heterocycles. The summed E-state index contributed by atoms with van der Waals surface area (Å²) in [5.41, 5.74) is 0.0428. The molecular weight excluding hydrogens is 240 g/mol. The van der Waals surface area contributed by atoms with Crippen molar-refractivity contribution in [3.05, 3.63) is 0 Å². The van der Waals surface area contributed by atoms with E-state index in [1.807, 2.05) is 0 Å². The highest BCUT2D eigenvalue weighted by Crippen LogP contribution is 2.66. The number of ether oxygens (including phenoxy) is 2. The third-order valence-corrected chi connectivity index (χ3v) is 6.13. The van der Waals surface area contributed by atoms with Crippen LogP contribution in [-0.2, 0) is 14.3 Å². The molecule has 3 unspecified atom stereocenters. The van der Waals surface area contributed by atoms with Crippen molar-refractivity contribution in [2.45, 2.75) is 58.2 Å². The van der Waals surface area contributed by atoms with E-state index in [-0.39, 0.29) is 10.8 Å². The van der Waals surface area contributed by atoms with Crippen LogP contribution in [0.3, 0.4) is 0 Å². The molecule has 4 rings (SSSR count). The van der Waals surface area contributed by atoms with Gasteiger partial charge in [-0.1, -0.05) is 13.8 Å². The lowest BCUT2D eigenvalue weighted by molar-refractivity contribution is -0.299. The standard InChI is InChI=1S/C16H24O3/c1-14(2)9-18-15(19-10-14)7-12-4-3-11-5-6-13(17)16(11,12)8-15/h11-12H,3-10H2,1-2H3. The van der Waals surface area contributed by atoms with Crippen molar-refractivity contribution in [1.29, 1.82) is 0 Å². The maximum Gasteiger partial charge on any atom is 0.169 e. The molecule has 3 saturated carbocycles. The Morgan fingerprint density at radius 1 is 1.05 bits per heavy atom. The van der Waals surface area contributed by atoms with E-state index in [9.17, 15) is 4.79 Å². The van der Waals surface area contributed by atoms with Gasteiger partial charge in [-0.25, -0.2) is 0 Å². The van der Waals surface area contributed by atoms with Gasteiger partial charge in [-0.2, -0.15) is 0 Å². The Kier molecular flexibility index (Phi) is 2.35. The van der Waals surface area contributed by atoms with Crippen molar-refractivity contribution in [1.82, 2.24) is 0 Å². The Balaban J connectivity index is 1.62. The third-order valence-electron chi connectivity index (χ3n) is 6.13. The Morgan fingerprint density at radius 2 is 1.74 bits per heavy atom. The van der Waals surface area contributed by atoms with Gasteiger partial charge in [-0.05, 0) is 31.1 Å². The van der Waals surface area contributed by atoms with E-state index < -0.39 is 5.79 Å². The predicted molar refractivity (Wildman–Crippen MR) is 70.5 cm³/mol. The molecule has 0 amide bonds. The Labute approximate surface area is 115 Å². The normalized spacial score (nSPS) is 46.5. The van der Waals surface area contributed by atoms with Crippen LogP contribution in [0.1, 0.15) is 52.4 Å². The maximum atomic E-state index is 12.5. The Hall–Kier alpha value is -0.410. The molecule has 0 radical (unpaired) electrons. The summed E-state index contributed by atoms with van der Waals surface area (Å²) >= 11 is 0. The topological polar surface area (TPSA) is 35.5 Å². The highest BCUT2D eigenvalue weighted by atomic mass is 16.7. The number of Topliss-reactive ketones (excluding diaryl/α,β-unsaturated/α-hetero) is 1. The molecule has 4 fully saturated rings. The molecule has 3 nitrogen and oxygen atoms in total. The number of hydrogen-bond acceptors (Lipinski definition) is 3. The van der Waals surface area contributed by atoms with Crippen molar-refractivity contribution in [3.8, 4) is 0 Å². The fourth-order valence-corrected chi connectivity index (χ4v) is 5.17. The summed E-state index contributed by atoms with van der Waals surface area (Å²) in [7, 11) is 0. The van der Waals surface area contributed by atoms with Crippen LogP contribution < -0.4 is 0 Å². The molecule has 0 aromatic heterocycles. The predicted octanol–water partition coefficient (Wildman–Crippen LogP) is 2.93. The summed E-state index contributed by atoms with van der Waals surface area (Å²) in [6.07, 6.45) is 6.14. The summed E-state index contributed by atoms with van der Waals surface area (Å²) in [6.45, 7) is 5.87. The van der Waals surface area contributed by atoms with Gasteiger partial charge in [0, 0.05) is 30.1 Å². The maximum absolute atomic E-state index is 12.5. The summed E-state index contributed by atoms with van der Waals surface area (Å²) in [5, 5.41) is 0. The van der Waals surface area contributed by atoms with Gasteiger partial charge in [0.15, 0.2) is 5.79 Å². The molecular formula is C16H24O3. The first-order chi connectivity index (χ1) is 8.96. The molecule has 0 bridgehead atoms. The fraction of sp³-hybridized carbons (Fsp3) is 0.938. The van der Waals surface area contributed by atoms with Crippen LogP contribution in [0.25, 0.3) is 0 Å². The molecule has 0 aromatic rings. The molecule has 0 N–H and O–H groups in total. The number of hydrogen-bond donors (Lipinski definition) is 0. The zero-order chi connectivity index (χ0) is 13.3. The first kappa shape index (κ1) is 12.3. The van der Waals surface area contributed by atoms with Gasteiger partial charge in [0.05, 0.1) is 13.2 Å². The van der Waals surface area contributed by atoms with Gasteiger partial charge in [0.2, 0.25) is 0 Å². The van der Waals surface area contributed by atoms with Crippen LogP contribution in [0.15, 0.2) is 0 Å². The van der Waals surface area contributed by atoms with E-state index in [2.05, 4.69) is 13.8 Å². The SMILES string of the molecule is CC1(C)COC2(CC3CCC4CCC(=O)C43C2)OC1. The van der Waals surface area contributed by atoms with Gasteiger partial charge >= 0.3 is 0 Å². The molecule has 0 aromatic carbocycles. The summed E-state index contributed by atoms with van der Waals surface area (Å²) in [6, 6.07) is 0. The monoisotopic (exact) mass is 264 g/mol. The van der Waals surface area contributed by atoms with Crippen LogP contribution in [0, 0.1) is 22.7 Å². The molecule has 3 heteroatoms. The second-order valence-corrected chi connectivity index (χ2v) is 8.01. The second kappa shape index (κ2) is 3.62. The first-order valence-corrected chi connectivity index (χ1v) is 7.77. The van der Waals surface area contributed by atoms with E-state index >= 15 is 0 Å². The summed E-state index contributed by atoms with van der Waals surface area (Å²) in [5.74, 6) is 1.22. The van der Waals surface area contributed by atoms with E-state index in [0.29, 0.717) is 17.6 Å². The fourth-order valence-electron chi connectivity index (χ4n) is 5.17. The van der Waals surface area contributed by atoms with E-state index in [4.69, 9.17) is 9.47 Å². The zero-order valence-corrected chi connectivity index (χ0v) is 12.0. The molecule has 1 heterocycles. The van der Waals surface area contributed by atoms with Gasteiger partial charge < -0.3 is 9.47 Å². The van der Waals surface area contributed by atoms with Crippen LogP contribution >= 0.6 is 0 Å². The van der Waals surface area contributed by atoms with Crippen molar-refractivity contribution in [2.75, 3.05) is 13.2 Å². The van der Waals surface area contributed by atoms with Crippen LogP contribution in [0.5, 0.6) is 0 Å². The minimum atomic E-state index is -0.432. The third kappa shape index (κ3) is 1.55. The average molecular weight is 264 g/mol. The molecule has 3 aliphatic carbocycles. The quantitative estimate of drug-likeness (QED) is 0.675. The lowest BCUT2D eigenvalue weighted by Crippen LogP contribution is -2.47. The number of carbonyl (C=O) groups excluding carboxylic acids is 1. The van der Waals surface area contributed by atoms with Crippen molar-refractivity contribution < 1.29 is 14.3 Å². The highest BCUT2D eigenvalue weighted by Gasteiger charge is 2.67. The van der Waals surface area contributed by atoms with Crippen molar-refractivity contribution in [2.24, 2.45) is 22.7 Å². The summed E-state index contributed by atoms with van der Waals surface area (Å²) < 4.78 is 12.3. The molecule has 106 valence electrons. The molecule has 3 atom stereocenters. The smallest absolute Gasteiger partial charge is 0.169 e. The highest BCUT2D eigenvalue weighted by molar-refractivity contribution is 5.88. The number of ketones is 1. The zero-order valence-electron chi connectivity index (χ0n) is 12.0. The molecule has 1 aliphatic heterocycles. The lowest BCUT2D eigenvalue weighted by atomic mass is 9.75. The molecule has 2 spiro atoms. The van der Waals surface area contributed by atoms with Crippen molar-refractivity contribution >= 4 is 5.78 Å². The molecule has 19 heavy (non-hydrogen) atoms. The van der Waals surface area contributed by atoms with Gasteiger partial charge in [0.1, 0.15) is 5.78 Å². The number of carbonyl (C=O) groups is 1. The van der Waals surface area contributed by atoms with Crippen LogP contribution in [0.2, 0.25) is 0 Å². The van der Waals surface area contributed by atoms with E-state index in [1.165, 1.54) is 12.8 Å². The van der Waals surface area contributed by atoms with Gasteiger partial charge in [-0.15, -0.1) is 0 Å². The van der Waals surface area contributed by atoms with Gasteiger partial charge in [0.25, 0.3) is 0 Å². The summed E-state index contributed by atoms with van der Waals surface area (Å²) in [4.78, 5) is 12.5. The Morgan fingerprint density at radius 3 is 2.47 bits per heavy atom. The largest absolute Gasteiger partial charge is 0.349 e. The number of rotatable bonds is 0. The van der Waals surface area contributed by atoms with E-state index in [0.717, 1.165) is 38.9 Å². The Bertz CT molecular complexity index is 418.